The number of amides is 1. The molecule has 160 valence electrons. The van der Waals surface area contributed by atoms with Crippen LogP contribution in [0.3, 0.4) is 0 Å². The predicted molar refractivity (Wildman–Crippen MR) is 118 cm³/mol. The summed E-state index contributed by atoms with van der Waals surface area (Å²) in [7, 11) is 0. The second kappa shape index (κ2) is 8.88. The van der Waals surface area contributed by atoms with Crippen LogP contribution in [0.5, 0.6) is 0 Å². The third kappa shape index (κ3) is 4.11. The zero-order valence-electron chi connectivity index (χ0n) is 17.1. The number of hydrogen-bond acceptors (Lipinski definition) is 6. The third-order valence-corrected chi connectivity index (χ3v) is 6.22. The number of aromatic nitrogens is 5. The van der Waals surface area contributed by atoms with Crippen LogP contribution in [0.1, 0.15) is 27.3 Å². The number of thioether (sulfide) groups is 1. The molecule has 0 N–H and O–H groups in total. The fourth-order valence-electron chi connectivity index (χ4n) is 3.70. The van der Waals surface area contributed by atoms with Crippen LogP contribution in [0.15, 0.2) is 72.1 Å². The fourth-order valence-corrected chi connectivity index (χ4v) is 4.49. The lowest BCUT2D eigenvalue weighted by atomic mass is 10.00. The van der Waals surface area contributed by atoms with Crippen LogP contribution < -0.4 is 0 Å². The minimum Gasteiger partial charge on any atom is -0.333 e. The average molecular weight is 447 g/mol. The average Bonchev–Trinajstić information content (AvgIpc) is 3.27. The summed E-state index contributed by atoms with van der Waals surface area (Å²) >= 11 is 1.39. The van der Waals surface area contributed by atoms with Crippen molar-refractivity contribution in [3.63, 3.8) is 0 Å². The van der Waals surface area contributed by atoms with E-state index in [1.165, 1.54) is 29.5 Å². The van der Waals surface area contributed by atoms with Gasteiger partial charge in [0.15, 0.2) is 10.9 Å². The molecule has 0 radical (unpaired) electrons. The number of benzene rings is 2. The van der Waals surface area contributed by atoms with Crippen LogP contribution in [0.25, 0.3) is 5.69 Å². The van der Waals surface area contributed by atoms with Gasteiger partial charge < -0.3 is 4.90 Å². The lowest BCUT2D eigenvalue weighted by Gasteiger charge is -2.28. The van der Waals surface area contributed by atoms with Gasteiger partial charge in [-0.1, -0.05) is 41.2 Å². The molecule has 0 atom stereocenters. The van der Waals surface area contributed by atoms with Crippen LogP contribution >= 0.6 is 11.8 Å². The number of carbonyl (C=O) groups is 1. The smallest absolute Gasteiger partial charge is 0.276 e. The Labute approximate surface area is 188 Å². The molecule has 0 unspecified atom stereocenters. The van der Waals surface area contributed by atoms with Gasteiger partial charge in [-0.05, 0) is 47.9 Å². The molecule has 5 rings (SSSR count). The molecule has 2 aromatic heterocycles. The standard InChI is InChI=1S/C23H19FN6OS/c24-18-6-8-19(9-7-18)30-20(15-32-23-25-11-3-12-26-23)21(27-28-30)22(31)29-13-10-16-4-1-2-5-17(16)14-29/h1-9,11-12H,10,13-15H2. The lowest BCUT2D eigenvalue weighted by Crippen LogP contribution is -2.36. The maximum Gasteiger partial charge on any atom is 0.276 e. The highest BCUT2D eigenvalue weighted by atomic mass is 32.2. The molecule has 0 bridgehead atoms. The number of hydrogen-bond donors (Lipinski definition) is 0. The highest BCUT2D eigenvalue weighted by molar-refractivity contribution is 7.98. The van der Waals surface area contributed by atoms with Crippen molar-refractivity contribution in [1.29, 1.82) is 0 Å². The van der Waals surface area contributed by atoms with Crippen molar-refractivity contribution in [3.05, 3.63) is 95.3 Å². The number of rotatable bonds is 5. The summed E-state index contributed by atoms with van der Waals surface area (Å²) < 4.78 is 15.0. The first kappa shape index (κ1) is 20.3. The molecule has 1 amide bonds. The zero-order valence-corrected chi connectivity index (χ0v) is 17.9. The van der Waals surface area contributed by atoms with Gasteiger partial charge in [0, 0.05) is 31.2 Å². The molecule has 32 heavy (non-hydrogen) atoms. The normalized spacial score (nSPS) is 13.1. The van der Waals surface area contributed by atoms with Crippen LogP contribution in [0.4, 0.5) is 4.39 Å². The molecule has 3 heterocycles. The Morgan fingerprint density at radius 1 is 1.00 bits per heavy atom. The van der Waals surface area contributed by atoms with Gasteiger partial charge in [0.25, 0.3) is 5.91 Å². The van der Waals surface area contributed by atoms with Crippen molar-refractivity contribution in [2.45, 2.75) is 23.9 Å². The summed E-state index contributed by atoms with van der Waals surface area (Å²) in [6.07, 6.45) is 4.14. The summed E-state index contributed by atoms with van der Waals surface area (Å²) in [6.45, 7) is 1.15. The van der Waals surface area contributed by atoms with E-state index >= 15 is 0 Å². The van der Waals surface area contributed by atoms with Crippen LogP contribution in [-0.4, -0.2) is 42.3 Å². The van der Waals surface area contributed by atoms with E-state index in [4.69, 9.17) is 0 Å². The molecule has 4 aromatic rings. The fraction of sp³-hybridized carbons (Fsp3) is 0.174. The molecular weight excluding hydrogens is 427 g/mol. The number of carbonyl (C=O) groups excluding carboxylic acids is 1. The van der Waals surface area contributed by atoms with Crippen molar-refractivity contribution in [2.24, 2.45) is 0 Å². The first-order valence-electron chi connectivity index (χ1n) is 10.2. The van der Waals surface area contributed by atoms with E-state index in [-0.39, 0.29) is 17.4 Å². The van der Waals surface area contributed by atoms with E-state index in [2.05, 4.69) is 26.3 Å². The summed E-state index contributed by atoms with van der Waals surface area (Å²) in [6, 6.07) is 15.8. The van der Waals surface area contributed by atoms with Gasteiger partial charge in [-0.25, -0.2) is 19.0 Å². The SMILES string of the molecule is O=C(c1nnn(-c2ccc(F)cc2)c1CSc1ncccn1)N1CCc2ccccc2C1. The van der Waals surface area contributed by atoms with E-state index in [9.17, 15) is 9.18 Å². The maximum atomic E-state index is 13.5. The molecule has 0 spiro atoms. The summed E-state index contributed by atoms with van der Waals surface area (Å²) in [5.41, 5.74) is 3.96. The van der Waals surface area contributed by atoms with E-state index in [0.29, 0.717) is 35.4 Å². The largest absolute Gasteiger partial charge is 0.333 e. The highest BCUT2D eigenvalue weighted by Gasteiger charge is 2.28. The number of fused-ring (bicyclic) bond motifs is 1. The van der Waals surface area contributed by atoms with Gasteiger partial charge >= 0.3 is 0 Å². The Kier molecular flexibility index (Phi) is 5.64. The summed E-state index contributed by atoms with van der Waals surface area (Å²) in [5, 5.41) is 9.05. The second-order valence-corrected chi connectivity index (χ2v) is 8.28. The Bertz CT molecular complexity index is 1250. The van der Waals surface area contributed by atoms with Crippen LogP contribution in [0, 0.1) is 5.82 Å². The molecule has 0 fully saturated rings. The van der Waals surface area contributed by atoms with Crippen molar-refractivity contribution in [3.8, 4) is 5.69 Å². The van der Waals surface area contributed by atoms with Crippen molar-refractivity contribution < 1.29 is 9.18 Å². The van der Waals surface area contributed by atoms with Gasteiger partial charge in [-0.2, -0.15) is 0 Å². The minimum atomic E-state index is -0.342. The van der Waals surface area contributed by atoms with Gasteiger partial charge in [0.2, 0.25) is 0 Å². The van der Waals surface area contributed by atoms with E-state index < -0.39 is 0 Å². The lowest BCUT2D eigenvalue weighted by molar-refractivity contribution is 0.0727. The van der Waals surface area contributed by atoms with Crippen molar-refractivity contribution in [1.82, 2.24) is 29.9 Å². The van der Waals surface area contributed by atoms with Crippen LogP contribution in [-0.2, 0) is 18.7 Å². The second-order valence-electron chi connectivity index (χ2n) is 7.34. The van der Waals surface area contributed by atoms with Crippen molar-refractivity contribution in [2.75, 3.05) is 6.54 Å². The van der Waals surface area contributed by atoms with Gasteiger partial charge in [-0.15, -0.1) is 5.10 Å². The quantitative estimate of drug-likeness (QED) is 0.344. The Morgan fingerprint density at radius 2 is 1.75 bits per heavy atom. The number of nitrogens with zero attached hydrogens (tertiary/aromatic N) is 6. The number of halogens is 1. The molecule has 0 saturated carbocycles. The van der Waals surface area contributed by atoms with Gasteiger partial charge in [0.1, 0.15) is 5.82 Å². The van der Waals surface area contributed by atoms with Gasteiger partial charge in [0.05, 0.1) is 11.4 Å². The molecule has 1 aliphatic rings. The van der Waals surface area contributed by atoms with Crippen molar-refractivity contribution >= 4 is 17.7 Å². The zero-order chi connectivity index (χ0) is 21.9. The third-order valence-electron chi connectivity index (χ3n) is 5.33. The first-order valence-corrected chi connectivity index (χ1v) is 11.1. The molecule has 0 saturated heterocycles. The molecule has 9 heteroatoms. The Morgan fingerprint density at radius 3 is 2.53 bits per heavy atom. The first-order chi connectivity index (χ1) is 15.7. The Balaban J connectivity index is 1.47. The molecule has 1 aliphatic heterocycles. The molecule has 7 nitrogen and oxygen atoms in total. The van der Waals surface area contributed by atoms with E-state index in [0.717, 1.165) is 12.0 Å². The van der Waals surface area contributed by atoms with Gasteiger partial charge in [-0.3, -0.25) is 4.79 Å². The predicted octanol–water partition coefficient (Wildman–Crippen LogP) is 3.69. The maximum absolute atomic E-state index is 13.5. The highest BCUT2D eigenvalue weighted by Crippen LogP contribution is 2.26. The Hall–Kier alpha value is -3.59. The van der Waals surface area contributed by atoms with E-state index in [1.54, 1.807) is 40.2 Å². The monoisotopic (exact) mass is 446 g/mol. The van der Waals surface area contributed by atoms with E-state index in [1.807, 2.05) is 18.2 Å². The molecule has 2 aromatic carbocycles. The topological polar surface area (TPSA) is 76.8 Å². The molecule has 0 aliphatic carbocycles. The minimum absolute atomic E-state index is 0.169. The molecular formula is C23H19FN6OS. The van der Waals surface area contributed by atoms with Crippen LogP contribution in [0.2, 0.25) is 0 Å². The summed E-state index contributed by atoms with van der Waals surface area (Å²) in [4.78, 5) is 23.7. The summed E-state index contributed by atoms with van der Waals surface area (Å²) in [5.74, 6) is -0.122.